The number of furan rings is 2. The quantitative estimate of drug-likeness (QED) is 0.144. The molecule has 44 heavy (non-hydrogen) atoms. The molecule has 8 aromatic rings. The summed E-state index contributed by atoms with van der Waals surface area (Å²) in [6, 6.07) is 46.4. The van der Waals surface area contributed by atoms with Crippen LogP contribution >= 0.6 is 0 Å². The third kappa shape index (κ3) is 6.09. The molecular formula is C39H33N3O2. The van der Waals surface area contributed by atoms with Crippen LogP contribution in [0.4, 0.5) is 0 Å². The zero-order chi connectivity index (χ0) is 30.5. The van der Waals surface area contributed by atoms with E-state index in [0.29, 0.717) is 6.54 Å². The van der Waals surface area contributed by atoms with Crippen molar-refractivity contribution in [3.8, 4) is 11.1 Å². The van der Waals surface area contributed by atoms with Crippen molar-refractivity contribution >= 4 is 49.7 Å². The molecule has 216 valence electrons. The van der Waals surface area contributed by atoms with E-state index in [9.17, 15) is 0 Å². The number of fused-ring (bicyclic) bond motifs is 6. The van der Waals surface area contributed by atoms with E-state index in [2.05, 4.69) is 43.3 Å². The van der Waals surface area contributed by atoms with E-state index < -0.39 is 0 Å². The minimum atomic E-state index is 0.104. The lowest BCUT2D eigenvalue weighted by Crippen LogP contribution is -2.10. The smallest absolute Gasteiger partial charge is 0.135 e. The number of amidine groups is 1. The van der Waals surface area contributed by atoms with Crippen LogP contribution in [-0.2, 0) is 6.54 Å². The van der Waals surface area contributed by atoms with Crippen molar-refractivity contribution in [1.82, 2.24) is 0 Å². The lowest BCUT2D eigenvalue weighted by molar-refractivity contribution is 0.668. The van der Waals surface area contributed by atoms with Crippen LogP contribution in [0.2, 0.25) is 0 Å². The first-order valence-electron chi connectivity index (χ1n) is 14.5. The van der Waals surface area contributed by atoms with E-state index in [1.807, 2.05) is 103 Å². The van der Waals surface area contributed by atoms with Gasteiger partial charge in [0.25, 0.3) is 0 Å². The SMILES string of the molecule is Cc1ccc2c(c1)oc1ccccc12.N=C(N)c1cccc(-c2ccccc2)c1.NCc1ccc2c(c1)oc1ccccc12. The van der Waals surface area contributed by atoms with Gasteiger partial charge in [0.1, 0.15) is 28.2 Å². The van der Waals surface area contributed by atoms with Gasteiger partial charge in [0.2, 0.25) is 0 Å². The fraction of sp³-hybridized carbons (Fsp3) is 0.0513. The van der Waals surface area contributed by atoms with Gasteiger partial charge in [0.15, 0.2) is 0 Å². The predicted octanol–water partition coefficient (Wildman–Crippen LogP) is 9.58. The zero-order valence-corrected chi connectivity index (χ0v) is 24.5. The van der Waals surface area contributed by atoms with Crippen LogP contribution in [0.25, 0.3) is 55.0 Å². The molecule has 2 heterocycles. The fourth-order valence-electron chi connectivity index (χ4n) is 5.23. The van der Waals surface area contributed by atoms with Gasteiger partial charge in [-0.25, -0.2) is 0 Å². The highest BCUT2D eigenvalue weighted by Gasteiger charge is 2.06. The molecule has 0 saturated heterocycles. The van der Waals surface area contributed by atoms with Crippen LogP contribution in [0.5, 0.6) is 0 Å². The molecule has 5 heteroatoms. The average Bonchev–Trinajstić information content (AvgIpc) is 3.63. The summed E-state index contributed by atoms with van der Waals surface area (Å²) in [5.74, 6) is 0.104. The summed E-state index contributed by atoms with van der Waals surface area (Å²) in [5.41, 5.74) is 20.1. The molecular weight excluding hydrogens is 542 g/mol. The first-order valence-corrected chi connectivity index (χ1v) is 14.5. The van der Waals surface area contributed by atoms with Gasteiger partial charge in [0, 0.05) is 33.7 Å². The molecule has 0 amide bonds. The molecule has 5 nitrogen and oxygen atoms in total. The van der Waals surface area contributed by atoms with Crippen LogP contribution in [0, 0.1) is 12.3 Å². The summed E-state index contributed by atoms with van der Waals surface area (Å²) in [6.07, 6.45) is 0. The number of para-hydroxylation sites is 2. The number of nitrogen functional groups attached to an aromatic ring is 1. The molecule has 0 unspecified atom stereocenters. The summed E-state index contributed by atoms with van der Waals surface area (Å²) in [4.78, 5) is 0. The van der Waals surface area contributed by atoms with Crippen molar-refractivity contribution in [2.75, 3.05) is 0 Å². The number of nitrogens with two attached hydrogens (primary N) is 2. The molecule has 0 aliphatic carbocycles. The van der Waals surface area contributed by atoms with Crippen LogP contribution in [0.1, 0.15) is 16.7 Å². The first-order chi connectivity index (χ1) is 21.5. The van der Waals surface area contributed by atoms with Crippen LogP contribution < -0.4 is 11.5 Å². The van der Waals surface area contributed by atoms with Gasteiger partial charge in [-0.3, -0.25) is 5.41 Å². The second kappa shape index (κ2) is 12.7. The Kier molecular flexibility index (Phi) is 8.21. The van der Waals surface area contributed by atoms with Crippen LogP contribution in [-0.4, -0.2) is 5.84 Å². The van der Waals surface area contributed by atoms with E-state index in [4.69, 9.17) is 25.7 Å². The lowest BCUT2D eigenvalue weighted by atomic mass is 10.0. The Balaban J connectivity index is 0.000000117. The number of rotatable bonds is 3. The maximum Gasteiger partial charge on any atom is 0.135 e. The second-order valence-electron chi connectivity index (χ2n) is 10.6. The van der Waals surface area contributed by atoms with Gasteiger partial charge in [-0.05, 0) is 59.5 Å². The predicted molar refractivity (Wildman–Crippen MR) is 183 cm³/mol. The third-order valence-electron chi connectivity index (χ3n) is 7.49. The lowest BCUT2D eigenvalue weighted by Gasteiger charge is -2.03. The Bertz CT molecular complexity index is 2210. The Morgan fingerprint density at radius 3 is 1.73 bits per heavy atom. The summed E-state index contributed by atoms with van der Waals surface area (Å²) < 4.78 is 11.5. The molecule has 5 N–H and O–H groups in total. The van der Waals surface area contributed by atoms with Gasteiger partial charge in [-0.1, -0.05) is 109 Å². The van der Waals surface area contributed by atoms with Crippen molar-refractivity contribution in [1.29, 1.82) is 5.41 Å². The molecule has 0 atom stereocenters. The maximum atomic E-state index is 7.37. The molecule has 2 aromatic heterocycles. The van der Waals surface area contributed by atoms with Gasteiger partial charge in [-0.15, -0.1) is 0 Å². The first kappa shape index (κ1) is 28.5. The summed E-state index contributed by atoms with van der Waals surface area (Å²) >= 11 is 0. The van der Waals surface area contributed by atoms with E-state index in [-0.39, 0.29) is 5.84 Å². The Hall–Kier alpha value is -5.65. The normalized spacial score (nSPS) is 10.8. The minimum absolute atomic E-state index is 0.104. The monoisotopic (exact) mass is 575 g/mol. The van der Waals surface area contributed by atoms with Gasteiger partial charge < -0.3 is 20.3 Å². The molecule has 0 fully saturated rings. The molecule has 0 aliphatic heterocycles. The second-order valence-corrected chi connectivity index (χ2v) is 10.6. The largest absolute Gasteiger partial charge is 0.456 e. The number of hydrogen-bond donors (Lipinski definition) is 3. The van der Waals surface area contributed by atoms with E-state index in [1.54, 1.807) is 0 Å². The van der Waals surface area contributed by atoms with E-state index >= 15 is 0 Å². The van der Waals surface area contributed by atoms with E-state index in [1.165, 1.54) is 16.3 Å². The molecule has 0 radical (unpaired) electrons. The highest BCUT2D eigenvalue weighted by atomic mass is 16.3. The van der Waals surface area contributed by atoms with Gasteiger partial charge >= 0.3 is 0 Å². The molecule has 6 aromatic carbocycles. The standard InChI is InChI=1S/C13H12N2.C13H11NO.C13H10O/c14-13(15)12-8-4-7-11(9-12)10-5-2-1-3-6-10;14-8-9-5-6-11-10-3-1-2-4-12(10)15-13(11)7-9;1-9-6-7-11-10-4-2-3-5-12(10)14-13(11)8-9/h1-9H,(H3,14,15);1-7H,8,14H2;2-8H,1H3. The summed E-state index contributed by atoms with van der Waals surface area (Å²) in [7, 11) is 0. The third-order valence-corrected chi connectivity index (χ3v) is 7.49. The maximum absolute atomic E-state index is 7.37. The van der Waals surface area contributed by atoms with Crippen molar-refractivity contribution in [2.45, 2.75) is 13.5 Å². The number of hydrogen-bond acceptors (Lipinski definition) is 4. The van der Waals surface area contributed by atoms with Crippen LogP contribution in [0.15, 0.2) is 148 Å². The Morgan fingerprint density at radius 1 is 0.545 bits per heavy atom. The molecule has 0 saturated carbocycles. The highest BCUT2D eigenvalue weighted by Crippen LogP contribution is 2.30. The van der Waals surface area contributed by atoms with E-state index in [0.717, 1.165) is 55.4 Å². The highest BCUT2D eigenvalue weighted by molar-refractivity contribution is 6.05. The fourth-order valence-corrected chi connectivity index (χ4v) is 5.23. The van der Waals surface area contributed by atoms with Crippen molar-refractivity contribution in [3.05, 3.63) is 156 Å². The number of nitrogens with one attached hydrogen (secondary N) is 1. The van der Waals surface area contributed by atoms with Crippen molar-refractivity contribution < 1.29 is 8.83 Å². The Morgan fingerprint density at radius 2 is 1.09 bits per heavy atom. The topological polar surface area (TPSA) is 102 Å². The molecule has 0 aliphatic rings. The van der Waals surface area contributed by atoms with Crippen molar-refractivity contribution in [2.24, 2.45) is 11.5 Å². The molecule has 0 spiro atoms. The summed E-state index contributed by atoms with van der Waals surface area (Å²) in [6.45, 7) is 2.62. The zero-order valence-electron chi connectivity index (χ0n) is 24.5. The number of benzene rings is 6. The molecule has 0 bridgehead atoms. The average molecular weight is 576 g/mol. The number of aryl methyl sites for hydroxylation is 1. The molecule has 8 rings (SSSR count). The van der Waals surface area contributed by atoms with Crippen molar-refractivity contribution in [3.63, 3.8) is 0 Å². The van der Waals surface area contributed by atoms with Gasteiger partial charge in [-0.2, -0.15) is 0 Å². The van der Waals surface area contributed by atoms with Crippen LogP contribution in [0.3, 0.4) is 0 Å². The van der Waals surface area contributed by atoms with Gasteiger partial charge in [0.05, 0.1) is 0 Å². The minimum Gasteiger partial charge on any atom is -0.456 e. The Labute approximate surface area is 255 Å². The summed E-state index contributed by atoms with van der Waals surface area (Å²) in [5, 5.41) is 12.1.